The second kappa shape index (κ2) is 7.38. The zero-order valence-corrected chi connectivity index (χ0v) is 12.4. The van der Waals surface area contributed by atoms with Gasteiger partial charge in [-0.15, -0.1) is 0 Å². The minimum Gasteiger partial charge on any atom is -0.455 e. The third-order valence-electron chi connectivity index (χ3n) is 2.88. The van der Waals surface area contributed by atoms with E-state index in [9.17, 15) is 8.78 Å². The molecule has 0 amide bonds. The third-order valence-corrected chi connectivity index (χ3v) is 3.17. The molecule has 0 atom stereocenters. The second-order valence-corrected chi connectivity index (χ2v) is 5.01. The molecule has 2 aromatic carbocycles. The summed E-state index contributed by atoms with van der Waals surface area (Å²) in [6, 6.07) is 8.16. The van der Waals surface area contributed by atoms with Gasteiger partial charge in [-0.3, -0.25) is 0 Å². The molecule has 0 unspecified atom stereocenters. The minimum atomic E-state index is -0.434. The van der Waals surface area contributed by atoms with Gasteiger partial charge in [0.2, 0.25) is 0 Å². The van der Waals surface area contributed by atoms with Crippen molar-refractivity contribution in [3.05, 3.63) is 58.6 Å². The van der Waals surface area contributed by atoms with Crippen LogP contribution in [0.2, 0.25) is 5.02 Å². The van der Waals surface area contributed by atoms with Crippen LogP contribution in [0.15, 0.2) is 36.4 Å². The van der Waals surface area contributed by atoms with Crippen LogP contribution in [0.5, 0.6) is 11.5 Å². The van der Waals surface area contributed by atoms with Crippen molar-refractivity contribution in [3.63, 3.8) is 0 Å². The molecule has 0 spiro atoms. The fraction of sp³-hybridized carbons (Fsp3) is 0.250. The zero-order valence-electron chi connectivity index (χ0n) is 11.6. The van der Waals surface area contributed by atoms with E-state index in [0.717, 1.165) is 13.0 Å². The molecule has 5 heteroatoms. The van der Waals surface area contributed by atoms with E-state index in [1.54, 1.807) is 0 Å². The molecule has 0 aliphatic rings. The monoisotopic (exact) mass is 311 g/mol. The standard InChI is InChI=1S/C16H16ClF2NO/c1-2-7-20-10-11-8-12(18)3-5-15(11)21-16-6-4-13(19)9-14(16)17/h3-6,8-9,20H,2,7,10H2,1H3. The van der Waals surface area contributed by atoms with Gasteiger partial charge in [-0.25, -0.2) is 8.78 Å². The molecule has 0 aromatic heterocycles. The van der Waals surface area contributed by atoms with Gasteiger partial charge in [0, 0.05) is 12.1 Å². The van der Waals surface area contributed by atoms with Crippen LogP contribution in [-0.2, 0) is 6.54 Å². The van der Waals surface area contributed by atoms with Crippen molar-refractivity contribution < 1.29 is 13.5 Å². The number of benzene rings is 2. The first-order chi connectivity index (χ1) is 10.1. The van der Waals surface area contributed by atoms with E-state index < -0.39 is 5.82 Å². The van der Waals surface area contributed by atoms with Gasteiger partial charge in [-0.1, -0.05) is 18.5 Å². The van der Waals surface area contributed by atoms with Crippen LogP contribution >= 0.6 is 11.6 Å². The Hall–Kier alpha value is -1.65. The summed E-state index contributed by atoms with van der Waals surface area (Å²) < 4.78 is 32.1. The van der Waals surface area contributed by atoms with E-state index in [1.807, 2.05) is 6.92 Å². The molecule has 1 N–H and O–H groups in total. The predicted octanol–water partition coefficient (Wildman–Crippen LogP) is 4.91. The molecule has 0 bridgehead atoms. The molecular formula is C16H16ClF2NO. The Balaban J connectivity index is 2.22. The predicted molar refractivity (Wildman–Crippen MR) is 79.9 cm³/mol. The quantitative estimate of drug-likeness (QED) is 0.765. The lowest BCUT2D eigenvalue weighted by Crippen LogP contribution is -2.14. The number of nitrogens with one attached hydrogen (secondary N) is 1. The summed E-state index contributed by atoms with van der Waals surface area (Å²) in [4.78, 5) is 0. The van der Waals surface area contributed by atoms with Gasteiger partial charge < -0.3 is 10.1 Å². The van der Waals surface area contributed by atoms with E-state index in [-0.39, 0.29) is 10.8 Å². The lowest BCUT2D eigenvalue weighted by atomic mass is 10.2. The Morgan fingerprint density at radius 1 is 1.05 bits per heavy atom. The van der Waals surface area contributed by atoms with E-state index in [4.69, 9.17) is 16.3 Å². The highest BCUT2D eigenvalue weighted by Gasteiger charge is 2.09. The van der Waals surface area contributed by atoms with Gasteiger partial charge in [0.15, 0.2) is 0 Å². The summed E-state index contributed by atoms with van der Waals surface area (Å²) in [6.07, 6.45) is 0.981. The second-order valence-electron chi connectivity index (χ2n) is 4.61. The molecule has 2 nitrogen and oxygen atoms in total. The topological polar surface area (TPSA) is 21.3 Å². The third kappa shape index (κ3) is 4.41. The summed E-state index contributed by atoms with van der Waals surface area (Å²) >= 11 is 5.94. The molecule has 112 valence electrons. The molecule has 0 radical (unpaired) electrons. The SMILES string of the molecule is CCCNCc1cc(F)ccc1Oc1ccc(F)cc1Cl. The van der Waals surface area contributed by atoms with Crippen LogP contribution in [0.3, 0.4) is 0 Å². The van der Waals surface area contributed by atoms with Crippen molar-refractivity contribution in [1.82, 2.24) is 5.32 Å². The van der Waals surface area contributed by atoms with E-state index in [1.165, 1.54) is 36.4 Å². The minimum absolute atomic E-state index is 0.173. The molecule has 2 aromatic rings. The van der Waals surface area contributed by atoms with E-state index >= 15 is 0 Å². The number of hydrogen-bond donors (Lipinski definition) is 1. The van der Waals surface area contributed by atoms with Gasteiger partial charge in [-0.05, 0) is 49.4 Å². The highest BCUT2D eigenvalue weighted by Crippen LogP contribution is 2.32. The number of hydrogen-bond acceptors (Lipinski definition) is 2. The largest absolute Gasteiger partial charge is 0.455 e. The summed E-state index contributed by atoms with van der Waals surface area (Å²) in [7, 11) is 0. The Morgan fingerprint density at radius 2 is 1.71 bits per heavy atom. The smallest absolute Gasteiger partial charge is 0.146 e. The van der Waals surface area contributed by atoms with Crippen molar-refractivity contribution >= 4 is 11.6 Å². The number of ether oxygens (including phenoxy) is 1. The lowest BCUT2D eigenvalue weighted by Gasteiger charge is -2.13. The summed E-state index contributed by atoms with van der Waals surface area (Å²) in [5.41, 5.74) is 0.684. The molecule has 0 saturated heterocycles. The Bertz CT molecular complexity index is 619. The van der Waals surface area contributed by atoms with Crippen molar-refractivity contribution in [3.8, 4) is 11.5 Å². The molecular weight excluding hydrogens is 296 g/mol. The molecule has 0 saturated carbocycles. The molecule has 2 rings (SSSR count). The maximum absolute atomic E-state index is 13.4. The van der Waals surface area contributed by atoms with Crippen molar-refractivity contribution in [2.24, 2.45) is 0 Å². The highest BCUT2D eigenvalue weighted by molar-refractivity contribution is 6.32. The highest BCUT2D eigenvalue weighted by atomic mass is 35.5. The fourth-order valence-electron chi connectivity index (χ4n) is 1.86. The molecule has 0 heterocycles. The first-order valence-corrected chi connectivity index (χ1v) is 7.10. The summed E-state index contributed by atoms with van der Waals surface area (Å²) in [5.74, 6) is 0.0621. The van der Waals surface area contributed by atoms with Crippen molar-refractivity contribution in [2.75, 3.05) is 6.54 Å². The van der Waals surface area contributed by atoms with Crippen LogP contribution in [-0.4, -0.2) is 6.54 Å². The lowest BCUT2D eigenvalue weighted by molar-refractivity contribution is 0.468. The Kier molecular flexibility index (Phi) is 5.53. The normalized spacial score (nSPS) is 10.7. The first kappa shape index (κ1) is 15.7. The van der Waals surface area contributed by atoms with Gasteiger partial charge in [0.05, 0.1) is 5.02 Å². The van der Waals surface area contributed by atoms with Gasteiger partial charge in [0.1, 0.15) is 23.1 Å². The van der Waals surface area contributed by atoms with E-state index in [2.05, 4.69) is 5.32 Å². The van der Waals surface area contributed by atoms with Crippen LogP contribution in [0, 0.1) is 11.6 Å². The number of halogens is 3. The average Bonchev–Trinajstić information content (AvgIpc) is 2.44. The maximum Gasteiger partial charge on any atom is 0.146 e. The van der Waals surface area contributed by atoms with Gasteiger partial charge in [-0.2, -0.15) is 0 Å². The zero-order chi connectivity index (χ0) is 15.2. The average molecular weight is 312 g/mol. The molecule has 21 heavy (non-hydrogen) atoms. The maximum atomic E-state index is 13.4. The number of rotatable bonds is 6. The molecule has 0 fully saturated rings. The summed E-state index contributed by atoms with van der Waals surface area (Å²) in [5, 5.41) is 3.36. The Labute approximate surface area is 127 Å². The fourth-order valence-corrected chi connectivity index (χ4v) is 2.07. The summed E-state index contributed by atoms with van der Waals surface area (Å²) in [6.45, 7) is 3.36. The Morgan fingerprint density at radius 3 is 2.38 bits per heavy atom. The van der Waals surface area contributed by atoms with Crippen LogP contribution in [0.1, 0.15) is 18.9 Å². The van der Waals surface area contributed by atoms with Crippen LogP contribution in [0.4, 0.5) is 8.78 Å². The van der Waals surface area contributed by atoms with Gasteiger partial charge in [0.25, 0.3) is 0 Å². The van der Waals surface area contributed by atoms with Crippen LogP contribution < -0.4 is 10.1 Å². The van der Waals surface area contributed by atoms with Crippen LogP contribution in [0.25, 0.3) is 0 Å². The van der Waals surface area contributed by atoms with Crippen molar-refractivity contribution in [1.29, 1.82) is 0 Å². The first-order valence-electron chi connectivity index (χ1n) is 6.72. The van der Waals surface area contributed by atoms with Crippen molar-refractivity contribution in [2.45, 2.75) is 19.9 Å². The molecule has 0 aliphatic carbocycles. The van der Waals surface area contributed by atoms with Gasteiger partial charge >= 0.3 is 0 Å². The van der Waals surface area contributed by atoms with E-state index in [0.29, 0.717) is 23.6 Å². The molecule has 0 aliphatic heterocycles.